The predicted octanol–water partition coefficient (Wildman–Crippen LogP) is 2.18. The molecule has 2 aromatic carbocycles. The summed E-state index contributed by atoms with van der Waals surface area (Å²) in [6, 6.07) is 19.6. The predicted molar refractivity (Wildman–Crippen MR) is 89.9 cm³/mol. The number of anilines is 1. The highest BCUT2D eigenvalue weighted by molar-refractivity contribution is 6.42. The molecule has 6 heteroatoms. The number of hydrazone groups is 1. The Balaban J connectivity index is 1.87. The summed E-state index contributed by atoms with van der Waals surface area (Å²) in [7, 11) is 1.90. The molecule has 1 amide bonds. The number of hydrazine groups is 3. The van der Waals surface area contributed by atoms with E-state index in [-0.39, 0.29) is 5.91 Å². The molecular weight excluding hydrogens is 290 g/mol. The van der Waals surface area contributed by atoms with Crippen molar-refractivity contribution >= 4 is 17.3 Å². The van der Waals surface area contributed by atoms with Gasteiger partial charge in [-0.05, 0) is 29.8 Å². The second-order valence-electron chi connectivity index (χ2n) is 5.34. The van der Waals surface area contributed by atoms with Crippen molar-refractivity contribution in [3.63, 3.8) is 0 Å². The van der Waals surface area contributed by atoms with E-state index in [2.05, 4.69) is 10.6 Å². The van der Waals surface area contributed by atoms with E-state index in [1.165, 1.54) is 0 Å². The Bertz CT molecular complexity index is 701. The first-order chi connectivity index (χ1) is 11.2. The monoisotopic (exact) mass is 309 g/mol. The lowest BCUT2D eigenvalue weighted by Crippen LogP contribution is -2.63. The van der Waals surface area contributed by atoms with Crippen molar-refractivity contribution in [1.29, 1.82) is 0 Å². The van der Waals surface area contributed by atoms with Gasteiger partial charge in [0, 0.05) is 13.6 Å². The van der Waals surface area contributed by atoms with Crippen LogP contribution in [0.1, 0.15) is 12.5 Å². The first-order valence-electron chi connectivity index (χ1n) is 7.41. The first-order valence-corrected chi connectivity index (χ1v) is 7.41. The largest absolute Gasteiger partial charge is 0.291 e. The Kier molecular flexibility index (Phi) is 4.36. The molecule has 1 heterocycles. The summed E-state index contributed by atoms with van der Waals surface area (Å²) < 4.78 is 0. The van der Waals surface area contributed by atoms with E-state index < -0.39 is 0 Å². The summed E-state index contributed by atoms with van der Waals surface area (Å²) in [5.74, 6) is -0.158. The molecule has 0 unspecified atom stereocenters. The van der Waals surface area contributed by atoms with Crippen LogP contribution in [0.3, 0.4) is 0 Å². The Morgan fingerprint density at radius 3 is 2.30 bits per heavy atom. The number of benzene rings is 2. The SMILES string of the molecule is CC1=NNN(N(C)Cc2ccccc2)N(c2ccccc2)C1=O. The van der Waals surface area contributed by atoms with Crippen LogP contribution in [-0.4, -0.2) is 28.9 Å². The molecule has 0 bridgehead atoms. The average Bonchev–Trinajstić information content (AvgIpc) is 2.58. The standard InChI is InChI=1S/C17H19N5O/c1-14-17(23)21(16-11-7-4-8-12-16)22(19-18-14)20(2)13-15-9-5-3-6-10-15/h3-12,19H,13H2,1-2H3. The molecule has 3 rings (SSSR count). The number of nitrogens with zero attached hydrogens (tertiary/aromatic N) is 4. The normalized spacial score (nSPS) is 15.5. The zero-order valence-corrected chi connectivity index (χ0v) is 13.2. The van der Waals surface area contributed by atoms with Gasteiger partial charge in [0.05, 0.1) is 5.69 Å². The molecule has 23 heavy (non-hydrogen) atoms. The van der Waals surface area contributed by atoms with Crippen LogP contribution < -0.4 is 10.5 Å². The highest BCUT2D eigenvalue weighted by atomic mass is 16.2. The van der Waals surface area contributed by atoms with E-state index in [0.29, 0.717) is 12.3 Å². The molecular formula is C17H19N5O. The zero-order valence-electron chi connectivity index (χ0n) is 13.2. The molecule has 118 valence electrons. The Morgan fingerprint density at radius 1 is 1.04 bits per heavy atom. The molecule has 0 fully saturated rings. The van der Waals surface area contributed by atoms with Crippen LogP contribution in [0.4, 0.5) is 5.69 Å². The third-order valence-electron chi connectivity index (χ3n) is 3.58. The molecule has 0 aromatic heterocycles. The van der Waals surface area contributed by atoms with Crippen LogP contribution >= 0.6 is 0 Å². The van der Waals surface area contributed by atoms with Crippen LogP contribution in [0, 0.1) is 0 Å². The van der Waals surface area contributed by atoms with Gasteiger partial charge in [0.2, 0.25) is 0 Å². The van der Waals surface area contributed by atoms with Crippen LogP contribution in [0.5, 0.6) is 0 Å². The van der Waals surface area contributed by atoms with Gasteiger partial charge in [-0.3, -0.25) is 4.79 Å². The molecule has 0 spiro atoms. The maximum Gasteiger partial charge on any atom is 0.291 e. The van der Waals surface area contributed by atoms with E-state index in [9.17, 15) is 4.79 Å². The van der Waals surface area contributed by atoms with E-state index >= 15 is 0 Å². The first kappa shape index (κ1) is 15.2. The van der Waals surface area contributed by atoms with Crippen LogP contribution in [-0.2, 0) is 11.3 Å². The maximum atomic E-state index is 12.6. The van der Waals surface area contributed by atoms with Gasteiger partial charge in [-0.25, -0.2) is 15.6 Å². The smallest absolute Gasteiger partial charge is 0.266 e. The van der Waals surface area contributed by atoms with Crippen molar-refractivity contribution < 1.29 is 4.79 Å². The van der Waals surface area contributed by atoms with Gasteiger partial charge < -0.3 is 0 Å². The molecule has 0 aliphatic carbocycles. The minimum absolute atomic E-state index is 0.158. The van der Waals surface area contributed by atoms with Crippen molar-refractivity contribution in [2.45, 2.75) is 13.5 Å². The number of amides is 1. The number of rotatable bonds is 4. The van der Waals surface area contributed by atoms with E-state index in [4.69, 9.17) is 0 Å². The summed E-state index contributed by atoms with van der Waals surface area (Å²) in [4.78, 5) is 12.6. The lowest BCUT2D eigenvalue weighted by atomic mass is 10.2. The molecule has 0 saturated carbocycles. The second-order valence-corrected chi connectivity index (χ2v) is 5.34. The van der Waals surface area contributed by atoms with Crippen molar-refractivity contribution in [3.8, 4) is 0 Å². The lowest BCUT2D eigenvalue weighted by Gasteiger charge is -2.41. The molecule has 1 N–H and O–H groups in total. The van der Waals surface area contributed by atoms with Crippen molar-refractivity contribution in [2.24, 2.45) is 5.10 Å². The van der Waals surface area contributed by atoms with E-state index in [1.807, 2.05) is 72.7 Å². The minimum Gasteiger partial charge on any atom is -0.266 e. The maximum absolute atomic E-state index is 12.6. The van der Waals surface area contributed by atoms with Gasteiger partial charge in [-0.15, -0.1) is 0 Å². The summed E-state index contributed by atoms with van der Waals surface area (Å²) in [6.45, 7) is 2.33. The van der Waals surface area contributed by atoms with Crippen LogP contribution in [0.15, 0.2) is 65.8 Å². The third kappa shape index (κ3) is 3.23. The van der Waals surface area contributed by atoms with E-state index in [1.54, 1.807) is 17.2 Å². The molecule has 0 saturated heterocycles. The molecule has 6 nitrogen and oxygen atoms in total. The number of nitrogens with one attached hydrogen (secondary N) is 1. The summed E-state index contributed by atoms with van der Waals surface area (Å²) in [5, 5.41) is 9.19. The molecule has 0 atom stereocenters. The topological polar surface area (TPSA) is 51.2 Å². The van der Waals surface area contributed by atoms with Crippen molar-refractivity contribution in [3.05, 3.63) is 66.2 Å². The molecule has 0 radical (unpaired) electrons. The minimum atomic E-state index is -0.158. The number of para-hydroxylation sites is 1. The summed E-state index contributed by atoms with van der Waals surface area (Å²) in [6.07, 6.45) is 0. The summed E-state index contributed by atoms with van der Waals surface area (Å²) in [5.41, 5.74) is 5.25. The zero-order chi connectivity index (χ0) is 16.2. The molecule has 1 aliphatic rings. The highest BCUT2D eigenvalue weighted by Gasteiger charge is 2.31. The van der Waals surface area contributed by atoms with Crippen molar-refractivity contribution in [1.82, 2.24) is 15.8 Å². The third-order valence-corrected chi connectivity index (χ3v) is 3.58. The van der Waals surface area contributed by atoms with Crippen molar-refractivity contribution in [2.75, 3.05) is 12.1 Å². The Labute approximate surface area is 135 Å². The van der Waals surface area contributed by atoms with Gasteiger partial charge in [0.25, 0.3) is 5.91 Å². The van der Waals surface area contributed by atoms with Gasteiger partial charge in [0.1, 0.15) is 5.71 Å². The van der Waals surface area contributed by atoms with E-state index in [0.717, 1.165) is 11.3 Å². The van der Waals surface area contributed by atoms with Gasteiger partial charge >= 0.3 is 0 Å². The Hall–Kier alpha value is -2.70. The molecule has 1 aliphatic heterocycles. The number of carbonyl (C=O) groups is 1. The summed E-state index contributed by atoms with van der Waals surface area (Å²) >= 11 is 0. The number of hydrogen-bond acceptors (Lipinski definition) is 5. The number of hydrogen-bond donors (Lipinski definition) is 1. The number of carbonyl (C=O) groups excluding carboxylic acids is 1. The second kappa shape index (κ2) is 6.60. The van der Waals surface area contributed by atoms with Crippen LogP contribution in [0.2, 0.25) is 0 Å². The average molecular weight is 309 g/mol. The fraction of sp³-hybridized carbons (Fsp3) is 0.176. The van der Waals surface area contributed by atoms with Gasteiger partial charge in [0.15, 0.2) is 0 Å². The Morgan fingerprint density at radius 2 is 1.65 bits per heavy atom. The fourth-order valence-corrected chi connectivity index (χ4v) is 2.39. The lowest BCUT2D eigenvalue weighted by molar-refractivity contribution is -0.130. The van der Waals surface area contributed by atoms with Gasteiger partial charge in [-0.1, -0.05) is 48.5 Å². The fourth-order valence-electron chi connectivity index (χ4n) is 2.39. The molecule has 2 aromatic rings. The van der Waals surface area contributed by atoms with Crippen LogP contribution in [0.25, 0.3) is 0 Å². The van der Waals surface area contributed by atoms with Gasteiger partial charge in [-0.2, -0.15) is 5.10 Å². The quantitative estimate of drug-likeness (QED) is 0.940. The highest BCUT2D eigenvalue weighted by Crippen LogP contribution is 2.19.